The number of halogens is 1. The molecule has 0 saturated heterocycles. The first-order valence-electron chi connectivity index (χ1n) is 8.26. The van der Waals surface area contributed by atoms with Gasteiger partial charge >= 0.3 is 0 Å². The van der Waals surface area contributed by atoms with Gasteiger partial charge in [-0.25, -0.2) is 9.97 Å². The molecule has 28 heavy (non-hydrogen) atoms. The number of amides is 1. The van der Waals surface area contributed by atoms with Gasteiger partial charge < -0.3 is 10.6 Å². The van der Waals surface area contributed by atoms with Gasteiger partial charge in [0.2, 0.25) is 5.95 Å². The predicted octanol–water partition coefficient (Wildman–Crippen LogP) is 4.65. The zero-order chi connectivity index (χ0) is 20.3. The van der Waals surface area contributed by atoms with E-state index in [-0.39, 0.29) is 16.4 Å². The third kappa shape index (κ3) is 4.60. The average Bonchev–Trinajstić information content (AvgIpc) is 2.62. The number of aromatic nitrogens is 2. The minimum absolute atomic E-state index is 0.00651. The smallest absolute Gasteiger partial charge is 0.289 e. The van der Waals surface area contributed by atoms with E-state index in [1.54, 1.807) is 24.3 Å². The van der Waals surface area contributed by atoms with Crippen molar-refractivity contribution in [3.05, 3.63) is 80.6 Å². The van der Waals surface area contributed by atoms with E-state index in [9.17, 15) is 14.9 Å². The van der Waals surface area contributed by atoms with Crippen LogP contribution in [0.2, 0.25) is 5.02 Å². The van der Waals surface area contributed by atoms with Crippen molar-refractivity contribution in [3.8, 4) is 0 Å². The molecule has 0 aliphatic carbocycles. The van der Waals surface area contributed by atoms with E-state index in [1.807, 2.05) is 19.9 Å². The van der Waals surface area contributed by atoms with E-state index in [1.165, 1.54) is 18.2 Å². The fourth-order valence-corrected chi connectivity index (χ4v) is 2.74. The van der Waals surface area contributed by atoms with Crippen LogP contribution in [0, 0.1) is 24.0 Å². The van der Waals surface area contributed by atoms with Crippen LogP contribution in [0.1, 0.15) is 21.7 Å². The van der Waals surface area contributed by atoms with E-state index in [4.69, 9.17) is 11.6 Å². The monoisotopic (exact) mass is 397 g/mol. The highest BCUT2D eigenvalue weighted by Gasteiger charge is 2.14. The summed E-state index contributed by atoms with van der Waals surface area (Å²) in [7, 11) is 0. The van der Waals surface area contributed by atoms with E-state index in [2.05, 4.69) is 20.6 Å². The van der Waals surface area contributed by atoms with Crippen LogP contribution in [0.25, 0.3) is 0 Å². The summed E-state index contributed by atoms with van der Waals surface area (Å²) >= 11 is 5.78. The van der Waals surface area contributed by atoms with Crippen LogP contribution in [-0.4, -0.2) is 20.8 Å². The fourth-order valence-electron chi connectivity index (χ4n) is 2.55. The van der Waals surface area contributed by atoms with Gasteiger partial charge in [0.25, 0.3) is 11.6 Å². The molecule has 8 nitrogen and oxygen atoms in total. The molecule has 0 unspecified atom stereocenters. The number of carbonyl (C=O) groups excluding carboxylic acids is 1. The highest BCUT2D eigenvalue weighted by molar-refractivity contribution is 6.32. The van der Waals surface area contributed by atoms with Crippen LogP contribution >= 0.6 is 11.6 Å². The fraction of sp³-hybridized carbons (Fsp3) is 0.105. The number of anilines is 3. The van der Waals surface area contributed by atoms with Crippen LogP contribution in [0.5, 0.6) is 0 Å². The Labute approximate surface area is 165 Å². The molecule has 1 aromatic heterocycles. The molecule has 0 spiro atoms. The summed E-state index contributed by atoms with van der Waals surface area (Å²) in [5.74, 6) is 0.0778. The Bertz CT molecular complexity index is 1030. The Morgan fingerprint density at radius 3 is 2.21 bits per heavy atom. The number of aryl methyl sites for hydroxylation is 2. The SMILES string of the molecule is Cc1cc(C)nc(Nc2ccc(C(=O)Nc3ccc(Cl)c([N+](=O)[O-])c3)cc2)n1. The molecule has 0 radical (unpaired) electrons. The van der Waals surface area contributed by atoms with Crippen molar-refractivity contribution in [2.75, 3.05) is 10.6 Å². The topological polar surface area (TPSA) is 110 Å². The number of carbonyl (C=O) groups is 1. The summed E-state index contributed by atoms with van der Waals surface area (Å²) in [5, 5.41) is 16.7. The Morgan fingerprint density at radius 2 is 1.61 bits per heavy atom. The first kappa shape index (κ1) is 19.2. The molecule has 0 atom stereocenters. The van der Waals surface area contributed by atoms with Gasteiger partial charge in [-0.2, -0.15) is 0 Å². The van der Waals surface area contributed by atoms with Crippen LogP contribution in [-0.2, 0) is 0 Å². The molecule has 9 heteroatoms. The molecule has 2 aromatic carbocycles. The number of hydrogen-bond acceptors (Lipinski definition) is 6. The summed E-state index contributed by atoms with van der Waals surface area (Å²) < 4.78 is 0. The largest absolute Gasteiger partial charge is 0.324 e. The number of nitro benzene ring substituents is 1. The highest BCUT2D eigenvalue weighted by Crippen LogP contribution is 2.27. The number of nitrogens with zero attached hydrogens (tertiary/aromatic N) is 3. The van der Waals surface area contributed by atoms with E-state index >= 15 is 0 Å². The second-order valence-electron chi connectivity index (χ2n) is 6.05. The lowest BCUT2D eigenvalue weighted by molar-refractivity contribution is -0.384. The molecule has 3 aromatic rings. The van der Waals surface area contributed by atoms with E-state index < -0.39 is 10.8 Å². The average molecular weight is 398 g/mol. The minimum atomic E-state index is -0.604. The molecular weight excluding hydrogens is 382 g/mol. The van der Waals surface area contributed by atoms with Crippen molar-refractivity contribution in [1.82, 2.24) is 9.97 Å². The van der Waals surface area contributed by atoms with E-state index in [0.717, 1.165) is 17.1 Å². The molecule has 0 bridgehead atoms. The molecule has 3 rings (SSSR count). The lowest BCUT2D eigenvalue weighted by Gasteiger charge is -2.08. The number of benzene rings is 2. The van der Waals surface area contributed by atoms with Gasteiger partial charge in [0.15, 0.2) is 0 Å². The maximum absolute atomic E-state index is 12.4. The van der Waals surface area contributed by atoms with Gasteiger partial charge in [-0.15, -0.1) is 0 Å². The third-order valence-electron chi connectivity index (χ3n) is 3.79. The molecule has 0 aliphatic heterocycles. The summed E-state index contributed by atoms with van der Waals surface area (Å²) in [6.07, 6.45) is 0. The van der Waals surface area contributed by atoms with Crippen LogP contribution in [0.3, 0.4) is 0 Å². The Balaban J connectivity index is 1.71. The van der Waals surface area contributed by atoms with Gasteiger partial charge in [0.05, 0.1) is 4.92 Å². The second kappa shape index (κ2) is 8.01. The van der Waals surface area contributed by atoms with E-state index in [0.29, 0.717) is 11.5 Å². The summed E-state index contributed by atoms with van der Waals surface area (Å²) in [6, 6.07) is 12.7. The first-order valence-corrected chi connectivity index (χ1v) is 8.64. The summed E-state index contributed by atoms with van der Waals surface area (Å²) in [5.41, 5.74) is 2.83. The molecular formula is C19H16ClN5O3. The summed E-state index contributed by atoms with van der Waals surface area (Å²) in [6.45, 7) is 3.77. The molecule has 142 valence electrons. The quantitative estimate of drug-likeness (QED) is 0.479. The van der Waals surface area contributed by atoms with Crippen molar-refractivity contribution in [2.24, 2.45) is 0 Å². The van der Waals surface area contributed by atoms with Gasteiger partial charge in [0, 0.05) is 34.4 Å². The number of nitro groups is 1. The minimum Gasteiger partial charge on any atom is -0.324 e. The van der Waals surface area contributed by atoms with Crippen molar-refractivity contribution in [1.29, 1.82) is 0 Å². The van der Waals surface area contributed by atoms with Gasteiger partial charge in [-0.05, 0) is 56.3 Å². The van der Waals surface area contributed by atoms with Crippen molar-refractivity contribution in [3.63, 3.8) is 0 Å². The maximum atomic E-state index is 12.4. The van der Waals surface area contributed by atoms with Crippen LogP contribution in [0.4, 0.5) is 23.0 Å². The van der Waals surface area contributed by atoms with Gasteiger partial charge in [-0.1, -0.05) is 11.6 Å². The summed E-state index contributed by atoms with van der Waals surface area (Å²) in [4.78, 5) is 31.3. The van der Waals surface area contributed by atoms with Crippen molar-refractivity contribution in [2.45, 2.75) is 13.8 Å². The molecule has 2 N–H and O–H groups in total. The maximum Gasteiger partial charge on any atom is 0.289 e. The molecule has 1 heterocycles. The molecule has 0 fully saturated rings. The number of rotatable bonds is 5. The highest BCUT2D eigenvalue weighted by atomic mass is 35.5. The molecule has 0 aliphatic rings. The zero-order valence-electron chi connectivity index (χ0n) is 15.1. The lowest BCUT2D eigenvalue weighted by Crippen LogP contribution is -2.12. The first-order chi connectivity index (χ1) is 13.3. The van der Waals surface area contributed by atoms with Gasteiger partial charge in [-0.3, -0.25) is 14.9 Å². The van der Waals surface area contributed by atoms with Gasteiger partial charge in [0.1, 0.15) is 5.02 Å². The zero-order valence-corrected chi connectivity index (χ0v) is 15.8. The Hall–Kier alpha value is -3.52. The normalized spacial score (nSPS) is 10.4. The predicted molar refractivity (Wildman–Crippen MR) is 107 cm³/mol. The molecule has 0 saturated carbocycles. The Morgan fingerprint density at radius 1 is 1.00 bits per heavy atom. The van der Waals surface area contributed by atoms with Crippen molar-refractivity contribution >= 4 is 40.5 Å². The Kier molecular flexibility index (Phi) is 5.51. The third-order valence-corrected chi connectivity index (χ3v) is 4.11. The lowest BCUT2D eigenvalue weighted by atomic mass is 10.2. The molecule has 1 amide bonds. The standard InChI is InChI=1S/C19H16ClN5O3/c1-11-9-12(2)22-19(21-11)24-14-5-3-13(4-6-14)18(26)23-15-7-8-16(20)17(10-15)25(27)28/h3-10H,1-2H3,(H,23,26)(H,21,22,24). The number of nitrogens with one attached hydrogen (secondary N) is 2. The number of hydrogen-bond donors (Lipinski definition) is 2. The second-order valence-corrected chi connectivity index (χ2v) is 6.46. The van der Waals surface area contributed by atoms with Crippen LogP contribution < -0.4 is 10.6 Å². The van der Waals surface area contributed by atoms with Crippen LogP contribution in [0.15, 0.2) is 48.5 Å². The van der Waals surface area contributed by atoms with Crippen molar-refractivity contribution < 1.29 is 9.72 Å².